The molecular formula is C36H22BBrCl4F14N2O2. The van der Waals surface area contributed by atoms with Gasteiger partial charge in [-0.25, -0.2) is 0 Å². The first kappa shape index (κ1) is 49.3. The van der Waals surface area contributed by atoms with Gasteiger partial charge >= 0.3 is 43.2 Å². The maximum absolute atomic E-state index is 13.9. The highest BCUT2D eigenvalue weighted by Crippen LogP contribution is 2.53. The van der Waals surface area contributed by atoms with Gasteiger partial charge in [0.2, 0.25) is 0 Å². The standard InChI is InChI=1S/C18H10Cl2F7N.C11H4BrClF7N.C7H8BClO2/c1-8-2-3-10(12(19)4-8)11-5-9-6-15(28-14(9)7-13(11)20)16(21,22)17(23,24)18(25,26)27;12-5-1-4-2-8(21-7(4)3-6(5)13)9(14,15)10(16,17)11(18,19)20;1-5-2-3-6(8(10)11)7(9)4-5/h2-7,28H,1H3;1-3,21H;2-4,10-11H,1H3. The molecule has 4 aromatic carbocycles. The monoisotopic (exact) mass is 1010 g/mol. The summed E-state index contributed by atoms with van der Waals surface area (Å²) < 4.78 is 181. The van der Waals surface area contributed by atoms with Crippen molar-refractivity contribution in [2.75, 3.05) is 0 Å². The van der Waals surface area contributed by atoms with E-state index in [1.54, 1.807) is 43.3 Å². The third-order valence-corrected chi connectivity index (χ3v) is 10.5. The van der Waals surface area contributed by atoms with Crippen molar-refractivity contribution in [2.45, 2.75) is 49.9 Å². The van der Waals surface area contributed by atoms with Crippen LogP contribution in [0.1, 0.15) is 22.5 Å². The predicted molar refractivity (Wildman–Crippen MR) is 205 cm³/mol. The van der Waals surface area contributed by atoms with Crippen LogP contribution >= 0.6 is 62.3 Å². The van der Waals surface area contributed by atoms with E-state index in [1.807, 2.05) is 16.9 Å². The van der Waals surface area contributed by atoms with Crippen LogP contribution in [0.5, 0.6) is 0 Å². The Bertz CT molecular complexity index is 2490. The first-order valence-corrected chi connectivity index (χ1v) is 18.4. The Kier molecular flexibility index (Phi) is 14.3. The fourth-order valence-electron chi connectivity index (χ4n) is 5.20. The number of benzene rings is 4. The molecule has 24 heteroatoms. The number of H-pyrrole nitrogens is 2. The Labute approximate surface area is 357 Å². The minimum Gasteiger partial charge on any atom is -0.423 e. The van der Waals surface area contributed by atoms with Crippen LogP contribution in [0.3, 0.4) is 0 Å². The van der Waals surface area contributed by atoms with Crippen molar-refractivity contribution < 1.29 is 71.5 Å². The van der Waals surface area contributed by atoms with E-state index in [2.05, 4.69) is 15.9 Å². The Hall–Kier alpha value is -3.40. The van der Waals surface area contributed by atoms with E-state index in [1.165, 1.54) is 12.1 Å². The van der Waals surface area contributed by atoms with E-state index in [9.17, 15) is 61.5 Å². The molecule has 6 rings (SSSR count). The van der Waals surface area contributed by atoms with Gasteiger partial charge in [0.05, 0.1) is 21.4 Å². The molecule has 0 fully saturated rings. The Morgan fingerprint density at radius 1 is 0.500 bits per heavy atom. The SMILES string of the molecule is Cc1ccc(-c2cc3cc(C(F)(F)C(F)(F)C(F)(F)F)[nH]c3cc2Cl)c(Cl)c1.Cc1ccc(B(O)O)c(Cl)c1.FC(F)(F)C(F)(F)C(F)(F)c1cc2cc(Br)c(Cl)cc2[nH]1. The normalized spacial score (nSPS) is 12.9. The van der Waals surface area contributed by atoms with E-state index in [-0.39, 0.29) is 36.3 Å². The van der Waals surface area contributed by atoms with Crippen LogP contribution in [0.4, 0.5) is 61.5 Å². The molecule has 0 aliphatic carbocycles. The van der Waals surface area contributed by atoms with Gasteiger partial charge in [0.1, 0.15) is 0 Å². The van der Waals surface area contributed by atoms with Crippen molar-refractivity contribution in [1.29, 1.82) is 0 Å². The smallest absolute Gasteiger partial charge is 0.423 e. The molecule has 0 spiro atoms. The summed E-state index contributed by atoms with van der Waals surface area (Å²) in [5.41, 5.74) is -0.368. The molecular weight excluding hydrogens is 991 g/mol. The molecule has 0 amide bonds. The highest BCUT2D eigenvalue weighted by atomic mass is 79.9. The highest BCUT2D eigenvalue weighted by Gasteiger charge is 2.75. The first-order chi connectivity index (χ1) is 27.2. The van der Waals surface area contributed by atoms with Crippen LogP contribution in [0.15, 0.2) is 77.3 Å². The van der Waals surface area contributed by atoms with Crippen molar-refractivity contribution in [3.63, 3.8) is 0 Å². The molecule has 0 aliphatic rings. The van der Waals surface area contributed by atoms with E-state index in [4.69, 9.17) is 56.5 Å². The Balaban J connectivity index is 0.000000217. The number of alkyl halides is 14. The van der Waals surface area contributed by atoms with Gasteiger partial charge in [0.25, 0.3) is 0 Å². The van der Waals surface area contributed by atoms with Crippen molar-refractivity contribution in [3.05, 3.63) is 120 Å². The lowest BCUT2D eigenvalue weighted by Crippen LogP contribution is -2.50. The van der Waals surface area contributed by atoms with Gasteiger partial charge in [-0.2, -0.15) is 61.5 Å². The molecule has 0 unspecified atom stereocenters. The number of hydrogen-bond acceptors (Lipinski definition) is 2. The first-order valence-electron chi connectivity index (χ1n) is 16.1. The molecule has 2 aromatic heterocycles. The Morgan fingerprint density at radius 2 is 0.900 bits per heavy atom. The zero-order valence-electron chi connectivity index (χ0n) is 29.6. The summed E-state index contributed by atoms with van der Waals surface area (Å²) in [6.07, 6.45) is -12.8. The second-order valence-corrected chi connectivity index (χ2v) is 15.3. The van der Waals surface area contributed by atoms with Crippen LogP contribution in [0.25, 0.3) is 32.9 Å². The van der Waals surface area contributed by atoms with Crippen molar-refractivity contribution >= 4 is 96.7 Å². The zero-order chi connectivity index (χ0) is 45.7. The van der Waals surface area contributed by atoms with E-state index in [0.29, 0.717) is 38.8 Å². The van der Waals surface area contributed by atoms with Crippen molar-refractivity contribution in [3.8, 4) is 11.1 Å². The molecule has 0 bridgehead atoms. The average molecular weight is 1010 g/mol. The fraction of sp³-hybridized carbons (Fsp3) is 0.222. The van der Waals surface area contributed by atoms with Gasteiger partial charge in [-0.1, -0.05) is 70.7 Å². The van der Waals surface area contributed by atoms with Crippen LogP contribution in [0.2, 0.25) is 20.1 Å². The molecule has 4 N–H and O–H groups in total. The van der Waals surface area contributed by atoms with Crippen LogP contribution < -0.4 is 5.46 Å². The quantitative estimate of drug-likeness (QED) is 0.0992. The number of rotatable bonds is 6. The number of nitrogens with one attached hydrogen (secondary N) is 2. The Morgan fingerprint density at radius 3 is 1.32 bits per heavy atom. The molecule has 0 radical (unpaired) electrons. The lowest BCUT2D eigenvalue weighted by atomic mass is 9.80. The summed E-state index contributed by atoms with van der Waals surface area (Å²) in [4.78, 5) is 3.76. The number of halogens is 19. The van der Waals surface area contributed by atoms with E-state index < -0.39 is 54.5 Å². The molecule has 0 aliphatic heterocycles. The van der Waals surface area contributed by atoms with Crippen molar-refractivity contribution in [1.82, 2.24) is 9.97 Å². The van der Waals surface area contributed by atoms with E-state index in [0.717, 1.165) is 23.3 Å². The number of aromatic amines is 2. The van der Waals surface area contributed by atoms with Gasteiger partial charge < -0.3 is 20.0 Å². The van der Waals surface area contributed by atoms with E-state index >= 15 is 0 Å². The second-order valence-electron chi connectivity index (χ2n) is 12.8. The summed E-state index contributed by atoms with van der Waals surface area (Å²) in [5.74, 6) is -23.4. The lowest BCUT2D eigenvalue weighted by molar-refractivity contribution is -0.360. The molecule has 0 saturated heterocycles. The van der Waals surface area contributed by atoms with Crippen LogP contribution in [-0.2, 0) is 11.8 Å². The van der Waals surface area contributed by atoms with Crippen LogP contribution in [-0.4, -0.2) is 51.3 Å². The van der Waals surface area contributed by atoms with Gasteiger partial charge in [-0.05, 0) is 89.4 Å². The lowest BCUT2D eigenvalue weighted by Gasteiger charge is -2.27. The number of fused-ring (bicyclic) bond motifs is 2. The molecule has 6 aromatic rings. The molecule has 60 heavy (non-hydrogen) atoms. The molecule has 0 atom stereocenters. The third kappa shape index (κ3) is 9.79. The summed E-state index contributed by atoms with van der Waals surface area (Å²) in [6, 6.07) is 15.9. The molecule has 2 heterocycles. The van der Waals surface area contributed by atoms with Gasteiger partial charge in [-0.15, -0.1) is 0 Å². The summed E-state index contributed by atoms with van der Waals surface area (Å²) in [5, 5.41) is 18.4. The van der Waals surface area contributed by atoms with Gasteiger partial charge in [0.15, 0.2) is 0 Å². The number of hydrogen-bond donors (Lipinski definition) is 4. The molecule has 324 valence electrons. The minimum atomic E-state index is -6.42. The summed E-state index contributed by atoms with van der Waals surface area (Å²) in [6.45, 7) is 3.68. The second kappa shape index (κ2) is 17.4. The predicted octanol–water partition coefficient (Wildman–Crippen LogP) is 13.9. The summed E-state index contributed by atoms with van der Waals surface area (Å²) in [7, 11) is -1.48. The molecule has 4 nitrogen and oxygen atoms in total. The van der Waals surface area contributed by atoms with Gasteiger partial charge in [0, 0.05) is 52.9 Å². The largest absolute Gasteiger partial charge is 0.489 e. The zero-order valence-corrected chi connectivity index (χ0v) is 34.2. The van der Waals surface area contributed by atoms with Crippen molar-refractivity contribution in [2.24, 2.45) is 0 Å². The topological polar surface area (TPSA) is 72.0 Å². The number of aromatic nitrogens is 2. The average Bonchev–Trinajstić information content (AvgIpc) is 3.72. The maximum Gasteiger partial charge on any atom is 0.489 e. The summed E-state index contributed by atoms with van der Waals surface area (Å²) >= 11 is 26.7. The number of aryl methyl sites for hydroxylation is 2. The van der Waals surface area contributed by atoms with Crippen LogP contribution in [0, 0.1) is 13.8 Å². The fourth-order valence-corrected chi connectivity index (χ4v) is 6.66. The van der Waals surface area contributed by atoms with Gasteiger partial charge in [-0.3, -0.25) is 0 Å². The molecule has 0 saturated carbocycles. The maximum atomic E-state index is 13.9. The minimum absolute atomic E-state index is 0.0129. The third-order valence-electron chi connectivity index (χ3n) is 8.40. The highest BCUT2D eigenvalue weighted by molar-refractivity contribution is 9.10.